The summed E-state index contributed by atoms with van der Waals surface area (Å²) in [5.41, 5.74) is 0. The van der Waals surface area contributed by atoms with Gasteiger partial charge in [-0.25, -0.2) is 4.79 Å². The number of carbonyl (C=O) groups excluding carboxylic acids is 1. The zero-order chi connectivity index (χ0) is 17.3. The third-order valence-electron chi connectivity index (χ3n) is 3.39. The maximum Gasteiger partial charge on any atom is 0.326 e. The molecule has 1 amide bonds. The Morgan fingerprint density at radius 3 is 2.14 bits per heavy atom. The third-order valence-corrected chi connectivity index (χ3v) is 3.39. The van der Waals surface area contributed by atoms with Crippen molar-refractivity contribution in [2.45, 2.75) is 59.0 Å². The molecule has 0 saturated carbocycles. The second-order valence-corrected chi connectivity index (χ2v) is 6.14. The molecule has 1 aliphatic heterocycles. The first-order valence-electron chi connectivity index (χ1n) is 7.59. The molecule has 0 radical (unpaired) electrons. The highest BCUT2D eigenvalue weighted by atomic mass is 16.4. The fourth-order valence-electron chi connectivity index (χ4n) is 2.15. The summed E-state index contributed by atoms with van der Waals surface area (Å²) in [7, 11) is 0. The average molecular weight is 316 g/mol. The Kier molecular flexibility index (Phi) is 9.40. The molecule has 4 N–H and O–H groups in total. The van der Waals surface area contributed by atoms with Crippen LogP contribution in [0.25, 0.3) is 0 Å². The van der Waals surface area contributed by atoms with E-state index >= 15 is 0 Å². The molecule has 0 aromatic heterocycles. The summed E-state index contributed by atoms with van der Waals surface area (Å²) in [6.45, 7) is 7.86. The predicted octanol–water partition coefficient (Wildman–Crippen LogP) is 1.08. The van der Waals surface area contributed by atoms with Gasteiger partial charge in [-0.1, -0.05) is 13.8 Å². The van der Waals surface area contributed by atoms with E-state index in [1.165, 1.54) is 6.92 Å². The summed E-state index contributed by atoms with van der Waals surface area (Å²) >= 11 is 0. The number of hydrogen-bond acceptors (Lipinski definition) is 4. The van der Waals surface area contributed by atoms with E-state index in [0.717, 1.165) is 12.8 Å². The monoisotopic (exact) mass is 316 g/mol. The molecular formula is C15H28N2O5. The number of piperidine rings is 1. The summed E-state index contributed by atoms with van der Waals surface area (Å²) < 4.78 is 0. The van der Waals surface area contributed by atoms with Crippen molar-refractivity contribution in [3.05, 3.63) is 0 Å². The molecule has 0 bridgehead atoms. The number of carboxylic acids is 2. The smallest absolute Gasteiger partial charge is 0.326 e. The van der Waals surface area contributed by atoms with Gasteiger partial charge in [0.2, 0.25) is 5.91 Å². The predicted molar refractivity (Wildman–Crippen MR) is 82.5 cm³/mol. The maximum absolute atomic E-state index is 10.6. The van der Waals surface area contributed by atoms with Crippen LogP contribution >= 0.6 is 0 Å². The lowest BCUT2D eigenvalue weighted by Crippen LogP contribution is -2.40. The van der Waals surface area contributed by atoms with Crippen molar-refractivity contribution >= 4 is 17.8 Å². The number of carboxylic acid groups (broad SMARTS) is 2. The standard InChI is InChI=1S/C8H15NO3.C7H13NO2/c1-5(2)4-7(8(11)12)9-6(3)10;1-5-2-3-6(4-8-5)7(9)10/h5,7H,4H2,1-3H3,(H,9,10)(H,11,12);5-6,8H,2-4H2,1H3,(H,9,10)/t7-;5-,6+/m10/s1. The molecule has 128 valence electrons. The number of nitrogens with one attached hydrogen (secondary N) is 2. The van der Waals surface area contributed by atoms with E-state index in [4.69, 9.17) is 10.2 Å². The first-order chi connectivity index (χ1) is 10.1. The number of aliphatic carboxylic acids is 2. The van der Waals surface area contributed by atoms with Crippen LogP contribution in [0.4, 0.5) is 0 Å². The third kappa shape index (κ3) is 9.33. The van der Waals surface area contributed by atoms with E-state index in [1.807, 2.05) is 13.8 Å². The van der Waals surface area contributed by atoms with E-state index in [2.05, 4.69) is 17.6 Å². The fraction of sp³-hybridized carbons (Fsp3) is 0.800. The summed E-state index contributed by atoms with van der Waals surface area (Å²) in [6.07, 6.45) is 2.27. The minimum Gasteiger partial charge on any atom is -0.481 e. The molecule has 1 fully saturated rings. The van der Waals surface area contributed by atoms with Gasteiger partial charge < -0.3 is 20.8 Å². The van der Waals surface area contributed by atoms with Gasteiger partial charge in [0.25, 0.3) is 0 Å². The summed E-state index contributed by atoms with van der Waals surface area (Å²) in [6, 6.07) is -0.252. The Labute approximate surface area is 131 Å². The lowest BCUT2D eigenvalue weighted by atomic mass is 9.96. The second kappa shape index (κ2) is 10.2. The zero-order valence-corrected chi connectivity index (χ0v) is 13.8. The van der Waals surface area contributed by atoms with Crippen LogP contribution in [0, 0.1) is 11.8 Å². The van der Waals surface area contributed by atoms with Gasteiger partial charge in [-0.2, -0.15) is 0 Å². The van der Waals surface area contributed by atoms with Crippen LogP contribution in [0.2, 0.25) is 0 Å². The van der Waals surface area contributed by atoms with Gasteiger partial charge in [-0.15, -0.1) is 0 Å². The quantitative estimate of drug-likeness (QED) is 0.603. The van der Waals surface area contributed by atoms with Crippen molar-refractivity contribution in [1.29, 1.82) is 0 Å². The van der Waals surface area contributed by atoms with Gasteiger partial charge in [-0.3, -0.25) is 9.59 Å². The Morgan fingerprint density at radius 2 is 1.82 bits per heavy atom. The molecule has 22 heavy (non-hydrogen) atoms. The van der Waals surface area contributed by atoms with Crippen LogP contribution in [-0.4, -0.2) is 46.7 Å². The molecule has 1 aliphatic rings. The largest absolute Gasteiger partial charge is 0.481 e. The van der Waals surface area contributed by atoms with E-state index < -0.39 is 18.0 Å². The SMILES string of the molecule is CC(=O)N[C@H](CC(C)C)C(=O)O.C[C@H]1CC[C@@H](C(=O)O)CN1. The lowest BCUT2D eigenvalue weighted by Gasteiger charge is -2.24. The van der Waals surface area contributed by atoms with Crippen LogP contribution in [0.3, 0.4) is 0 Å². The van der Waals surface area contributed by atoms with E-state index in [1.54, 1.807) is 0 Å². The average Bonchev–Trinajstić information content (AvgIpc) is 2.38. The van der Waals surface area contributed by atoms with Crippen molar-refractivity contribution in [2.24, 2.45) is 11.8 Å². The van der Waals surface area contributed by atoms with E-state index in [0.29, 0.717) is 19.0 Å². The summed E-state index contributed by atoms with van der Waals surface area (Å²) in [5, 5.41) is 22.7. The van der Waals surface area contributed by atoms with Gasteiger partial charge >= 0.3 is 11.9 Å². The van der Waals surface area contributed by atoms with Gasteiger partial charge in [0.05, 0.1) is 5.92 Å². The van der Waals surface area contributed by atoms with Crippen LogP contribution in [-0.2, 0) is 14.4 Å². The van der Waals surface area contributed by atoms with Crippen molar-refractivity contribution < 1.29 is 24.6 Å². The molecule has 0 aromatic rings. The Morgan fingerprint density at radius 1 is 1.23 bits per heavy atom. The van der Waals surface area contributed by atoms with Crippen molar-refractivity contribution in [2.75, 3.05) is 6.54 Å². The van der Waals surface area contributed by atoms with Crippen LogP contribution in [0.15, 0.2) is 0 Å². The highest BCUT2D eigenvalue weighted by molar-refractivity contribution is 5.81. The molecule has 0 spiro atoms. The van der Waals surface area contributed by atoms with Gasteiger partial charge in [-0.05, 0) is 32.1 Å². The van der Waals surface area contributed by atoms with Crippen LogP contribution in [0.1, 0.15) is 47.0 Å². The number of amides is 1. The highest BCUT2D eigenvalue weighted by Crippen LogP contribution is 2.13. The summed E-state index contributed by atoms with van der Waals surface area (Å²) in [5.74, 6) is -1.84. The molecule has 7 heteroatoms. The highest BCUT2D eigenvalue weighted by Gasteiger charge is 2.22. The van der Waals surface area contributed by atoms with Gasteiger partial charge in [0.15, 0.2) is 0 Å². The molecular weight excluding hydrogens is 288 g/mol. The minimum absolute atomic E-state index is 0.156. The second-order valence-electron chi connectivity index (χ2n) is 6.14. The summed E-state index contributed by atoms with van der Waals surface area (Å²) in [4.78, 5) is 31.5. The zero-order valence-electron chi connectivity index (χ0n) is 13.8. The molecule has 1 saturated heterocycles. The molecule has 0 aromatic carbocycles. The molecule has 0 unspecified atom stereocenters. The van der Waals surface area contributed by atoms with Crippen molar-refractivity contribution in [3.63, 3.8) is 0 Å². The lowest BCUT2D eigenvalue weighted by molar-refractivity contribution is -0.142. The van der Waals surface area contributed by atoms with Gasteiger partial charge in [0.1, 0.15) is 6.04 Å². The van der Waals surface area contributed by atoms with Crippen molar-refractivity contribution in [1.82, 2.24) is 10.6 Å². The molecule has 1 heterocycles. The molecule has 7 nitrogen and oxygen atoms in total. The van der Waals surface area contributed by atoms with E-state index in [9.17, 15) is 14.4 Å². The Hall–Kier alpha value is -1.63. The Bertz CT molecular complexity index is 376. The van der Waals surface area contributed by atoms with E-state index in [-0.39, 0.29) is 17.7 Å². The fourth-order valence-corrected chi connectivity index (χ4v) is 2.15. The molecule has 3 atom stereocenters. The maximum atomic E-state index is 10.6. The topological polar surface area (TPSA) is 116 Å². The first kappa shape index (κ1) is 20.4. The van der Waals surface area contributed by atoms with Crippen LogP contribution in [0.5, 0.6) is 0 Å². The van der Waals surface area contributed by atoms with Gasteiger partial charge in [0, 0.05) is 19.5 Å². The van der Waals surface area contributed by atoms with Crippen molar-refractivity contribution in [3.8, 4) is 0 Å². The normalized spacial score (nSPS) is 22.2. The number of carbonyl (C=O) groups is 3. The number of hydrogen-bond donors (Lipinski definition) is 4. The van der Waals surface area contributed by atoms with Crippen LogP contribution < -0.4 is 10.6 Å². The Balaban J connectivity index is 0.000000406. The molecule has 0 aliphatic carbocycles. The molecule has 1 rings (SSSR count). The minimum atomic E-state index is -0.973. The first-order valence-corrected chi connectivity index (χ1v) is 7.59. The number of rotatable bonds is 5.